The molecule has 1 aliphatic heterocycles. The second-order valence-corrected chi connectivity index (χ2v) is 6.80. The molecule has 0 spiro atoms. The van der Waals surface area contributed by atoms with E-state index in [0.29, 0.717) is 32.0 Å². The van der Waals surface area contributed by atoms with Crippen molar-refractivity contribution in [3.8, 4) is 0 Å². The molecule has 0 radical (unpaired) electrons. The van der Waals surface area contributed by atoms with Crippen LogP contribution in [-0.2, 0) is 4.74 Å². The smallest absolute Gasteiger partial charge is 0.317 e. The molecule has 1 saturated heterocycles. The van der Waals surface area contributed by atoms with E-state index in [9.17, 15) is 9.18 Å². The number of nitrogens with zero attached hydrogens (tertiary/aromatic N) is 3. The summed E-state index contributed by atoms with van der Waals surface area (Å²) in [7, 11) is 1.67. The van der Waals surface area contributed by atoms with Gasteiger partial charge in [0, 0.05) is 45.5 Å². The molecule has 0 saturated carbocycles. The van der Waals surface area contributed by atoms with Crippen molar-refractivity contribution >= 4 is 11.8 Å². The number of ether oxygens (including phenoxy) is 1. The summed E-state index contributed by atoms with van der Waals surface area (Å²) in [5.41, 5.74) is -0.276. The summed E-state index contributed by atoms with van der Waals surface area (Å²) < 4.78 is 19.2. The summed E-state index contributed by atoms with van der Waals surface area (Å²) in [6.07, 6.45) is 2.31. The van der Waals surface area contributed by atoms with Crippen LogP contribution in [-0.4, -0.2) is 60.8 Å². The highest BCUT2D eigenvalue weighted by molar-refractivity contribution is 5.74. The Morgan fingerprint density at radius 1 is 1.42 bits per heavy atom. The van der Waals surface area contributed by atoms with E-state index in [4.69, 9.17) is 4.74 Å². The van der Waals surface area contributed by atoms with Crippen LogP contribution in [0.1, 0.15) is 27.2 Å². The van der Waals surface area contributed by atoms with Crippen LogP contribution < -0.4 is 10.2 Å². The third-order valence-electron chi connectivity index (χ3n) is 4.33. The van der Waals surface area contributed by atoms with E-state index in [2.05, 4.69) is 10.3 Å². The number of nitrogens with one attached hydrogen (secondary N) is 1. The number of urea groups is 1. The van der Waals surface area contributed by atoms with E-state index in [-0.39, 0.29) is 23.5 Å². The van der Waals surface area contributed by atoms with E-state index in [1.807, 2.05) is 25.7 Å². The number of piperazine rings is 1. The Hall–Kier alpha value is -1.89. The largest absolute Gasteiger partial charge is 0.379 e. The van der Waals surface area contributed by atoms with Crippen LogP contribution in [0.2, 0.25) is 0 Å². The number of carbonyl (C=O) groups is 1. The molecular weight excluding hydrogens is 311 g/mol. The quantitative estimate of drug-likeness (QED) is 0.895. The van der Waals surface area contributed by atoms with Gasteiger partial charge in [0.2, 0.25) is 0 Å². The molecule has 2 rings (SSSR count). The van der Waals surface area contributed by atoms with Crippen LogP contribution in [0.4, 0.5) is 15.0 Å². The lowest BCUT2D eigenvalue weighted by Crippen LogP contribution is -2.54. The van der Waals surface area contributed by atoms with E-state index >= 15 is 0 Å². The van der Waals surface area contributed by atoms with Crippen molar-refractivity contribution in [3.05, 3.63) is 24.1 Å². The second kappa shape index (κ2) is 7.79. The number of hydrogen-bond donors (Lipinski definition) is 1. The van der Waals surface area contributed by atoms with Gasteiger partial charge in [-0.1, -0.05) is 0 Å². The Labute approximate surface area is 143 Å². The minimum Gasteiger partial charge on any atom is -0.379 e. The summed E-state index contributed by atoms with van der Waals surface area (Å²) in [6.45, 7) is 8.19. The lowest BCUT2D eigenvalue weighted by atomic mass is 10.00. The molecule has 1 fully saturated rings. The number of halogens is 1. The summed E-state index contributed by atoms with van der Waals surface area (Å²) in [5.74, 6) is 0.0265. The average Bonchev–Trinajstić information content (AvgIpc) is 2.55. The van der Waals surface area contributed by atoms with Gasteiger partial charge >= 0.3 is 6.03 Å². The van der Waals surface area contributed by atoms with Gasteiger partial charge in [0.15, 0.2) is 11.6 Å². The van der Waals surface area contributed by atoms with Crippen LogP contribution in [0.3, 0.4) is 0 Å². The molecule has 0 aliphatic carbocycles. The molecule has 1 aliphatic rings. The predicted molar refractivity (Wildman–Crippen MR) is 91.7 cm³/mol. The third kappa shape index (κ3) is 4.80. The summed E-state index contributed by atoms with van der Waals surface area (Å²) in [6, 6.07) is 2.90. The molecule has 24 heavy (non-hydrogen) atoms. The zero-order valence-corrected chi connectivity index (χ0v) is 14.9. The Balaban J connectivity index is 1.83. The van der Waals surface area contributed by atoms with Crippen LogP contribution in [0, 0.1) is 5.82 Å². The zero-order chi connectivity index (χ0) is 17.7. The fourth-order valence-electron chi connectivity index (χ4n) is 2.91. The maximum atomic E-state index is 13.8. The van der Waals surface area contributed by atoms with Gasteiger partial charge in [-0.2, -0.15) is 0 Å². The summed E-state index contributed by atoms with van der Waals surface area (Å²) >= 11 is 0. The summed E-state index contributed by atoms with van der Waals surface area (Å²) in [5, 5.41) is 3.00. The number of carbonyl (C=O) groups excluding carboxylic acids is 1. The SMILES string of the molecule is COC(C)(C)C[C@H](C)NC(=O)N1CCN(c2ncccc2F)CC1. The molecule has 0 bridgehead atoms. The number of anilines is 1. The molecule has 1 N–H and O–H groups in total. The van der Waals surface area contributed by atoms with Gasteiger partial charge in [0.25, 0.3) is 0 Å². The zero-order valence-electron chi connectivity index (χ0n) is 14.9. The van der Waals surface area contributed by atoms with Crippen LogP contribution >= 0.6 is 0 Å². The highest BCUT2D eigenvalue weighted by atomic mass is 19.1. The number of amides is 2. The molecule has 1 aromatic rings. The van der Waals surface area contributed by atoms with Gasteiger partial charge in [-0.05, 0) is 39.3 Å². The highest BCUT2D eigenvalue weighted by Gasteiger charge is 2.26. The molecular formula is C17H27FN4O2. The van der Waals surface area contributed by atoms with Gasteiger partial charge in [-0.15, -0.1) is 0 Å². The molecule has 2 heterocycles. The number of hydrogen-bond acceptors (Lipinski definition) is 4. The topological polar surface area (TPSA) is 57.7 Å². The molecule has 2 amide bonds. The molecule has 134 valence electrons. The minimum atomic E-state index is -0.328. The van der Waals surface area contributed by atoms with Gasteiger partial charge in [0.05, 0.1) is 5.60 Å². The van der Waals surface area contributed by atoms with E-state index < -0.39 is 0 Å². The van der Waals surface area contributed by atoms with Crippen molar-refractivity contribution in [1.82, 2.24) is 15.2 Å². The molecule has 1 atom stereocenters. The molecule has 0 unspecified atom stereocenters. The van der Waals surface area contributed by atoms with Crippen LogP contribution in [0.15, 0.2) is 18.3 Å². The third-order valence-corrected chi connectivity index (χ3v) is 4.33. The Morgan fingerprint density at radius 2 is 2.08 bits per heavy atom. The number of pyridine rings is 1. The Bertz CT molecular complexity index is 559. The van der Waals surface area contributed by atoms with Crippen LogP contribution in [0.5, 0.6) is 0 Å². The van der Waals surface area contributed by atoms with Crippen molar-refractivity contribution < 1.29 is 13.9 Å². The molecule has 6 nitrogen and oxygen atoms in total. The minimum absolute atomic E-state index is 0.0127. The van der Waals surface area contributed by atoms with E-state index in [1.165, 1.54) is 6.07 Å². The van der Waals surface area contributed by atoms with Crippen molar-refractivity contribution in [2.45, 2.75) is 38.8 Å². The molecule has 1 aromatic heterocycles. The second-order valence-electron chi connectivity index (χ2n) is 6.80. The summed E-state index contributed by atoms with van der Waals surface area (Å²) in [4.78, 5) is 20.1. The monoisotopic (exact) mass is 338 g/mol. The van der Waals surface area contributed by atoms with E-state index in [1.54, 1.807) is 24.3 Å². The van der Waals surface area contributed by atoms with Crippen molar-refractivity contribution in [2.24, 2.45) is 0 Å². The fraction of sp³-hybridized carbons (Fsp3) is 0.647. The van der Waals surface area contributed by atoms with Crippen molar-refractivity contribution in [1.29, 1.82) is 0 Å². The normalized spacial score (nSPS) is 16.9. The van der Waals surface area contributed by atoms with Gasteiger partial charge < -0.3 is 19.9 Å². The van der Waals surface area contributed by atoms with Crippen molar-refractivity contribution in [3.63, 3.8) is 0 Å². The first-order chi connectivity index (χ1) is 11.3. The Morgan fingerprint density at radius 3 is 2.67 bits per heavy atom. The highest BCUT2D eigenvalue weighted by Crippen LogP contribution is 2.18. The standard InChI is InChI=1S/C17H27FN4O2/c1-13(12-17(2,3)24-4)20-16(23)22-10-8-21(9-11-22)15-14(18)6-5-7-19-15/h5-7,13H,8-12H2,1-4H3,(H,20,23)/t13-/m0/s1. The lowest BCUT2D eigenvalue weighted by Gasteiger charge is -2.36. The fourth-order valence-corrected chi connectivity index (χ4v) is 2.91. The number of aromatic nitrogens is 1. The van der Waals surface area contributed by atoms with Gasteiger partial charge in [0.1, 0.15) is 0 Å². The lowest BCUT2D eigenvalue weighted by molar-refractivity contribution is 0.00913. The molecule has 0 aromatic carbocycles. The van der Waals surface area contributed by atoms with Crippen molar-refractivity contribution in [2.75, 3.05) is 38.2 Å². The maximum Gasteiger partial charge on any atom is 0.317 e. The predicted octanol–water partition coefficient (Wildman–Crippen LogP) is 2.26. The van der Waals surface area contributed by atoms with Crippen LogP contribution in [0.25, 0.3) is 0 Å². The number of methoxy groups -OCH3 is 1. The van der Waals surface area contributed by atoms with Gasteiger partial charge in [-0.25, -0.2) is 14.2 Å². The number of rotatable bonds is 5. The van der Waals surface area contributed by atoms with E-state index in [0.717, 1.165) is 6.42 Å². The average molecular weight is 338 g/mol. The Kier molecular flexibility index (Phi) is 5.99. The maximum absolute atomic E-state index is 13.8. The first-order valence-corrected chi connectivity index (χ1v) is 8.28. The van der Waals surface area contributed by atoms with Gasteiger partial charge in [-0.3, -0.25) is 0 Å². The first kappa shape index (κ1) is 18.4. The first-order valence-electron chi connectivity index (χ1n) is 8.28. The molecule has 7 heteroatoms.